The van der Waals surface area contributed by atoms with Gasteiger partial charge in [-0.25, -0.2) is 9.99 Å². The van der Waals surface area contributed by atoms with E-state index in [9.17, 15) is 9.90 Å². The number of hydrogen-bond donors (Lipinski definition) is 2. The SMILES string of the molecule is Cc1ccc(C(=O)N=Nc2nc(C3=C(O)ONN3c3ccccc3)cs2)cc1. The Labute approximate surface area is 164 Å². The zero-order chi connectivity index (χ0) is 19.5. The van der Waals surface area contributed by atoms with Crippen molar-refractivity contribution in [2.24, 2.45) is 10.2 Å². The first-order chi connectivity index (χ1) is 13.6. The van der Waals surface area contributed by atoms with Crippen LogP contribution in [0.25, 0.3) is 5.70 Å². The van der Waals surface area contributed by atoms with E-state index in [1.165, 1.54) is 11.3 Å². The molecule has 0 saturated heterocycles. The van der Waals surface area contributed by atoms with Crippen LogP contribution in [0.2, 0.25) is 0 Å². The number of carbonyl (C=O) groups excluding carboxylic acids is 1. The number of azo groups is 1. The van der Waals surface area contributed by atoms with Gasteiger partial charge in [0.1, 0.15) is 5.69 Å². The summed E-state index contributed by atoms with van der Waals surface area (Å²) in [6, 6.07) is 16.4. The zero-order valence-electron chi connectivity index (χ0n) is 14.7. The van der Waals surface area contributed by atoms with Crippen LogP contribution >= 0.6 is 11.3 Å². The van der Waals surface area contributed by atoms with Gasteiger partial charge >= 0.3 is 5.95 Å². The van der Waals surface area contributed by atoms with Crippen molar-refractivity contribution in [1.82, 2.24) is 10.6 Å². The average molecular weight is 393 g/mol. The number of carbonyl (C=O) groups is 1. The van der Waals surface area contributed by atoms with Crippen molar-refractivity contribution in [1.29, 1.82) is 0 Å². The van der Waals surface area contributed by atoms with E-state index in [0.717, 1.165) is 11.3 Å². The molecule has 0 fully saturated rings. The number of anilines is 1. The quantitative estimate of drug-likeness (QED) is 0.633. The first-order valence-corrected chi connectivity index (χ1v) is 9.19. The number of nitrogens with zero attached hydrogens (tertiary/aromatic N) is 4. The summed E-state index contributed by atoms with van der Waals surface area (Å²) in [5, 5.41) is 21.3. The molecule has 0 unspecified atom stereocenters. The van der Waals surface area contributed by atoms with E-state index in [0.29, 0.717) is 17.0 Å². The van der Waals surface area contributed by atoms with Crippen LogP contribution in [0.1, 0.15) is 21.6 Å². The summed E-state index contributed by atoms with van der Waals surface area (Å²) in [7, 11) is 0. The molecule has 9 heteroatoms. The Kier molecular flexibility index (Phi) is 4.83. The minimum atomic E-state index is -0.449. The highest BCUT2D eigenvalue weighted by Gasteiger charge is 2.29. The number of thiazole rings is 1. The number of aryl methyl sites for hydroxylation is 1. The van der Waals surface area contributed by atoms with Gasteiger partial charge in [-0.05, 0) is 31.2 Å². The van der Waals surface area contributed by atoms with Gasteiger partial charge in [0.15, 0.2) is 5.70 Å². The Bertz CT molecular complexity index is 1060. The number of aromatic nitrogens is 1. The minimum absolute atomic E-state index is 0.288. The first kappa shape index (κ1) is 17.8. The molecule has 2 heterocycles. The van der Waals surface area contributed by atoms with E-state index in [2.05, 4.69) is 20.8 Å². The third-order valence-electron chi connectivity index (χ3n) is 3.93. The van der Waals surface area contributed by atoms with E-state index in [-0.39, 0.29) is 11.1 Å². The molecule has 4 rings (SSSR count). The molecule has 0 atom stereocenters. The smallest absolute Gasteiger partial charge is 0.327 e. The normalized spacial score (nSPS) is 14.0. The lowest BCUT2D eigenvalue weighted by atomic mass is 10.1. The molecule has 0 spiro atoms. The van der Waals surface area contributed by atoms with Gasteiger partial charge in [0.25, 0.3) is 5.91 Å². The van der Waals surface area contributed by atoms with Gasteiger partial charge in [0.2, 0.25) is 5.13 Å². The number of hydrogen-bond acceptors (Lipinski definition) is 8. The molecule has 140 valence electrons. The van der Waals surface area contributed by atoms with Gasteiger partial charge < -0.3 is 9.94 Å². The average Bonchev–Trinajstić information content (AvgIpc) is 3.33. The van der Waals surface area contributed by atoms with Crippen LogP contribution in [-0.4, -0.2) is 16.0 Å². The number of hydrazine groups is 1. The molecule has 1 aliphatic heterocycles. The fraction of sp³-hybridized carbons (Fsp3) is 0.0526. The van der Waals surface area contributed by atoms with Crippen molar-refractivity contribution in [3.05, 3.63) is 82.7 Å². The predicted octanol–water partition coefficient (Wildman–Crippen LogP) is 4.52. The summed E-state index contributed by atoms with van der Waals surface area (Å²) >= 11 is 1.20. The summed E-state index contributed by atoms with van der Waals surface area (Å²) in [6.07, 6.45) is 0. The molecule has 1 aliphatic rings. The number of nitrogens with one attached hydrogen (secondary N) is 1. The molecule has 0 saturated carbocycles. The Morgan fingerprint density at radius 2 is 1.93 bits per heavy atom. The maximum atomic E-state index is 12.1. The van der Waals surface area contributed by atoms with Crippen LogP contribution in [0.15, 0.2) is 76.2 Å². The van der Waals surface area contributed by atoms with Gasteiger partial charge in [-0.15, -0.1) is 21.6 Å². The topological polar surface area (TPSA) is 99.4 Å². The zero-order valence-corrected chi connectivity index (χ0v) is 15.6. The van der Waals surface area contributed by atoms with Gasteiger partial charge in [-0.1, -0.05) is 41.5 Å². The van der Waals surface area contributed by atoms with E-state index < -0.39 is 5.91 Å². The van der Waals surface area contributed by atoms with Crippen molar-refractivity contribution < 1.29 is 14.7 Å². The number of aliphatic hydroxyl groups excluding tert-OH is 1. The lowest BCUT2D eigenvalue weighted by Gasteiger charge is -2.17. The molecule has 1 aromatic heterocycles. The highest BCUT2D eigenvalue weighted by Crippen LogP contribution is 2.33. The van der Waals surface area contributed by atoms with Crippen molar-refractivity contribution in [2.75, 3.05) is 5.01 Å². The van der Waals surface area contributed by atoms with E-state index >= 15 is 0 Å². The lowest BCUT2D eigenvalue weighted by Crippen LogP contribution is -2.30. The van der Waals surface area contributed by atoms with Crippen molar-refractivity contribution >= 4 is 33.8 Å². The van der Waals surface area contributed by atoms with Crippen LogP contribution in [0.5, 0.6) is 0 Å². The Balaban J connectivity index is 1.54. The van der Waals surface area contributed by atoms with E-state index in [4.69, 9.17) is 4.84 Å². The van der Waals surface area contributed by atoms with Crippen LogP contribution in [0.4, 0.5) is 10.8 Å². The minimum Gasteiger partial charge on any atom is -0.478 e. The first-order valence-electron chi connectivity index (χ1n) is 8.31. The van der Waals surface area contributed by atoms with E-state index in [1.807, 2.05) is 49.4 Å². The molecule has 8 nitrogen and oxygen atoms in total. The third-order valence-corrected chi connectivity index (χ3v) is 4.66. The van der Waals surface area contributed by atoms with Crippen molar-refractivity contribution in [2.45, 2.75) is 6.92 Å². The molecular formula is C19H15N5O3S. The van der Waals surface area contributed by atoms with Gasteiger partial charge in [0, 0.05) is 10.9 Å². The molecule has 2 aromatic carbocycles. The molecular weight excluding hydrogens is 378 g/mol. The molecule has 3 aromatic rings. The molecule has 1 amide bonds. The number of benzene rings is 2. The van der Waals surface area contributed by atoms with Crippen LogP contribution in [-0.2, 0) is 4.84 Å². The summed E-state index contributed by atoms with van der Waals surface area (Å²) in [6.45, 7) is 1.94. The van der Waals surface area contributed by atoms with Gasteiger partial charge in [-0.3, -0.25) is 4.79 Å². The maximum Gasteiger partial charge on any atom is 0.327 e. The lowest BCUT2D eigenvalue weighted by molar-refractivity contribution is 0.0461. The molecule has 0 bridgehead atoms. The van der Waals surface area contributed by atoms with Crippen LogP contribution in [0.3, 0.4) is 0 Å². The summed E-state index contributed by atoms with van der Waals surface area (Å²) < 4.78 is 0. The Morgan fingerprint density at radius 1 is 1.18 bits per heavy atom. The Morgan fingerprint density at radius 3 is 2.68 bits per heavy atom. The largest absolute Gasteiger partial charge is 0.478 e. The second kappa shape index (κ2) is 7.59. The molecule has 28 heavy (non-hydrogen) atoms. The van der Waals surface area contributed by atoms with E-state index in [1.54, 1.807) is 22.5 Å². The number of amides is 1. The highest BCUT2D eigenvalue weighted by atomic mass is 32.1. The molecule has 2 N–H and O–H groups in total. The second-order valence-corrected chi connectivity index (χ2v) is 6.74. The molecule has 0 aliphatic carbocycles. The third kappa shape index (κ3) is 3.61. The number of para-hydroxylation sites is 1. The van der Waals surface area contributed by atoms with Gasteiger partial charge in [0.05, 0.1) is 5.69 Å². The van der Waals surface area contributed by atoms with Crippen molar-refractivity contribution in [3.8, 4) is 0 Å². The Hall–Kier alpha value is -3.56. The summed E-state index contributed by atoms with van der Waals surface area (Å²) in [4.78, 5) is 21.5. The molecule has 0 radical (unpaired) electrons. The predicted molar refractivity (Wildman–Crippen MR) is 105 cm³/mol. The summed E-state index contributed by atoms with van der Waals surface area (Å²) in [5.74, 6) is -0.760. The number of rotatable bonds is 4. The van der Waals surface area contributed by atoms with Crippen LogP contribution in [0, 0.1) is 6.92 Å². The van der Waals surface area contributed by atoms with Gasteiger partial charge in [-0.2, -0.15) is 0 Å². The monoisotopic (exact) mass is 393 g/mol. The van der Waals surface area contributed by atoms with Crippen LogP contribution < -0.4 is 10.6 Å². The standard InChI is InChI=1S/C19H15N5O3S/c1-12-7-9-13(10-8-12)17(25)21-22-19-20-15(11-28-19)16-18(26)27-23-24(16)14-5-3-2-4-6-14/h2-11,23,26H,1H3. The maximum absolute atomic E-state index is 12.1. The summed E-state index contributed by atoms with van der Waals surface area (Å²) in [5.41, 5.74) is 5.67. The second-order valence-electron chi connectivity index (χ2n) is 5.90. The van der Waals surface area contributed by atoms with Crippen molar-refractivity contribution in [3.63, 3.8) is 0 Å². The fourth-order valence-electron chi connectivity index (χ4n) is 2.52. The number of aliphatic hydroxyl groups is 1. The highest BCUT2D eigenvalue weighted by molar-refractivity contribution is 7.13. The fourth-order valence-corrected chi connectivity index (χ4v) is 3.14.